The van der Waals surface area contributed by atoms with Crippen LogP contribution < -0.4 is 5.73 Å². The number of aliphatic imine (C=N–C) groups is 1. The summed E-state index contributed by atoms with van der Waals surface area (Å²) in [7, 11) is 0. The van der Waals surface area contributed by atoms with Gasteiger partial charge in [0, 0.05) is 0 Å². The number of carboxylic acid groups (broad SMARTS) is 1. The number of aromatic carboxylic acids is 1. The second kappa shape index (κ2) is 8.92. The molecule has 6 heteroatoms. The molecular weight excluding hydrogens is 372 g/mol. The van der Waals surface area contributed by atoms with Crippen molar-refractivity contribution in [1.82, 2.24) is 0 Å². The van der Waals surface area contributed by atoms with Crippen molar-refractivity contribution in [3.05, 3.63) is 89.3 Å². The number of rotatable bonds is 5. The van der Waals surface area contributed by atoms with E-state index in [-0.39, 0.29) is 11.3 Å². The number of hydrogen-bond acceptors (Lipinski definition) is 4. The molecule has 140 valence electrons. The van der Waals surface area contributed by atoms with Gasteiger partial charge in [0.1, 0.15) is 11.3 Å². The van der Waals surface area contributed by atoms with Crippen LogP contribution in [0.3, 0.4) is 0 Å². The topological polar surface area (TPSA) is 95.9 Å². The summed E-state index contributed by atoms with van der Waals surface area (Å²) < 4.78 is 0. The molecule has 0 heterocycles. The molecule has 3 aromatic carbocycles. The Morgan fingerprint density at radius 1 is 0.964 bits per heavy atom. The van der Waals surface area contributed by atoms with E-state index in [0.29, 0.717) is 10.7 Å². The molecule has 0 saturated heterocycles. The van der Waals surface area contributed by atoms with Crippen LogP contribution in [0.2, 0.25) is 0 Å². The maximum Gasteiger partial charge on any atom is 0.339 e. The van der Waals surface area contributed by atoms with Gasteiger partial charge in [0.2, 0.25) is 0 Å². The Balaban J connectivity index is 1.65. The minimum atomic E-state index is -1.18. The van der Waals surface area contributed by atoms with Gasteiger partial charge in [0.15, 0.2) is 5.17 Å². The largest absolute Gasteiger partial charge is 0.507 e. The molecule has 0 radical (unpaired) electrons. The number of nitrogens with two attached hydrogens (primary N) is 1. The highest BCUT2D eigenvalue weighted by Crippen LogP contribution is 2.23. The first-order valence-electron chi connectivity index (χ1n) is 8.42. The summed E-state index contributed by atoms with van der Waals surface area (Å²) in [6.07, 6.45) is 1.71. The van der Waals surface area contributed by atoms with Crippen molar-refractivity contribution in [3.8, 4) is 16.9 Å². The van der Waals surface area contributed by atoms with Gasteiger partial charge in [-0.05, 0) is 52.4 Å². The second-order valence-electron chi connectivity index (χ2n) is 5.87. The molecular formula is C22H18N2O3S. The van der Waals surface area contributed by atoms with Gasteiger partial charge in [-0.1, -0.05) is 60.3 Å². The second-order valence-corrected chi connectivity index (χ2v) is 6.79. The standard InChI is InChI=1S/C22H18N2O3S/c23-22(28-13-12-15-6-11-20(25)19(14-15)21(26)27)24-18-9-7-17(8-10-18)16-4-2-1-3-5-16/h1-14,25H,(H2,23,24)(H,26,27)/b13-12+. The average Bonchev–Trinajstić information content (AvgIpc) is 2.70. The zero-order valence-electron chi connectivity index (χ0n) is 14.8. The number of carbonyl (C=O) groups is 1. The number of benzene rings is 3. The summed E-state index contributed by atoms with van der Waals surface area (Å²) in [6.45, 7) is 0. The lowest BCUT2D eigenvalue weighted by Crippen LogP contribution is -2.03. The lowest BCUT2D eigenvalue weighted by molar-refractivity contribution is 0.0693. The van der Waals surface area contributed by atoms with Gasteiger partial charge in [-0.2, -0.15) is 0 Å². The average molecular weight is 390 g/mol. The molecule has 0 spiro atoms. The Labute approximate surface area is 166 Å². The molecule has 0 aliphatic carbocycles. The van der Waals surface area contributed by atoms with E-state index < -0.39 is 5.97 Å². The van der Waals surface area contributed by atoms with Gasteiger partial charge in [-0.3, -0.25) is 0 Å². The number of carboxylic acids is 1. The van der Waals surface area contributed by atoms with Crippen LogP contribution in [-0.2, 0) is 0 Å². The van der Waals surface area contributed by atoms with Crippen LogP contribution in [0, 0.1) is 0 Å². The van der Waals surface area contributed by atoms with Crippen molar-refractivity contribution in [3.63, 3.8) is 0 Å². The number of hydrogen-bond donors (Lipinski definition) is 3. The third kappa shape index (κ3) is 5.02. The zero-order chi connectivity index (χ0) is 19.9. The van der Waals surface area contributed by atoms with Gasteiger partial charge in [-0.15, -0.1) is 0 Å². The Morgan fingerprint density at radius 3 is 2.32 bits per heavy atom. The molecule has 3 aromatic rings. The van der Waals surface area contributed by atoms with E-state index in [1.54, 1.807) is 17.6 Å². The normalized spacial score (nSPS) is 11.6. The lowest BCUT2D eigenvalue weighted by atomic mass is 10.1. The fourth-order valence-electron chi connectivity index (χ4n) is 2.52. The highest BCUT2D eigenvalue weighted by molar-refractivity contribution is 8.16. The molecule has 4 N–H and O–H groups in total. The van der Waals surface area contributed by atoms with Gasteiger partial charge in [-0.25, -0.2) is 9.79 Å². The maximum atomic E-state index is 11.0. The van der Waals surface area contributed by atoms with Crippen molar-refractivity contribution >= 4 is 34.7 Å². The van der Waals surface area contributed by atoms with Crippen molar-refractivity contribution in [2.24, 2.45) is 10.7 Å². The third-order valence-electron chi connectivity index (χ3n) is 3.91. The molecule has 3 rings (SSSR count). The monoisotopic (exact) mass is 390 g/mol. The number of nitrogens with zero attached hydrogens (tertiary/aromatic N) is 1. The van der Waals surface area contributed by atoms with E-state index in [0.717, 1.165) is 16.8 Å². The zero-order valence-corrected chi connectivity index (χ0v) is 15.6. The van der Waals surface area contributed by atoms with E-state index in [1.165, 1.54) is 23.9 Å². The quantitative estimate of drug-likeness (QED) is 0.416. The lowest BCUT2D eigenvalue weighted by Gasteiger charge is -2.02. The van der Waals surface area contributed by atoms with Crippen molar-refractivity contribution in [1.29, 1.82) is 0 Å². The molecule has 0 aliphatic heterocycles. The van der Waals surface area contributed by atoms with Crippen LogP contribution in [-0.4, -0.2) is 21.4 Å². The molecule has 0 aromatic heterocycles. The predicted molar refractivity (Wildman–Crippen MR) is 115 cm³/mol. The van der Waals surface area contributed by atoms with Crippen molar-refractivity contribution in [2.45, 2.75) is 0 Å². The molecule has 0 atom stereocenters. The van der Waals surface area contributed by atoms with E-state index in [4.69, 9.17) is 10.8 Å². The van der Waals surface area contributed by atoms with Crippen molar-refractivity contribution in [2.75, 3.05) is 0 Å². The highest BCUT2D eigenvalue weighted by Gasteiger charge is 2.08. The van der Waals surface area contributed by atoms with Crippen LogP contribution in [0.5, 0.6) is 5.75 Å². The van der Waals surface area contributed by atoms with Gasteiger partial charge in [0.05, 0.1) is 5.69 Å². The number of thioether (sulfide) groups is 1. The Hall–Kier alpha value is -3.51. The van der Waals surface area contributed by atoms with Crippen molar-refractivity contribution < 1.29 is 15.0 Å². The summed E-state index contributed by atoms with van der Waals surface area (Å²) >= 11 is 1.22. The van der Waals surface area contributed by atoms with Gasteiger partial charge in [0.25, 0.3) is 0 Å². The molecule has 0 amide bonds. The molecule has 0 aliphatic rings. The highest BCUT2D eigenvalue weighted by atomic mass is 32.2. The molecule has 0 fully saturated rings. The first kappa shape index (κ1) is 19.3. The molecule has 0 saturated carbocycles. The molecule has 0 bridgehead atoms. The fraction of sp³-hybridized carbons (Fsp3) is 0. The first-order chi connectivity index (χ1) is 13.5. The smallest absolute Gasteiger partial charge is 0.339 e. The predicted octanol–water partition coefficient (Wildman–Crippen LogP) is 5.11. The Morgan fingerprint density at radius 2 is 1.64 bits per heavy atom. The summed E-state index contributed by atoms with van der Waals surface area (Å²) in [5, 5.41) is 20.6. The summed E-state index contributed by atoms with van der Waals surface area (Å²) in [5.41, 5.74) is 9.43. The van der Waals surface area contributed by atoms with E-state index in [9.17, 15) is 9.90 Å². The Bertz CT molecular complexity index is 1030. The van der Waals surface area contributed by atoms with Crippen LogP contribution in [0.25, 0.3) is 17.2 Å². The number of aromatic hydroxyl groups is 1. The van der Waals surface area contributed by atoms with Crippen LogP contribution in [0.4, 0.5) is 5.69 Å². The maximum absolute atomic E-state index is 11.0. The third-order valence-corrected chi connectivity index (χ3v) is 4.52. The number of phenols is 1. The van der Waals surface area contributed by atoms with E-state index in [2.05, 4.69) is 4.99 Å². The minimum absolute atomic E-state index is 0.146. The van der Waals surface area contributed by atoms with Gasteiger partial charge >= 0.3 is 5.97 Å². The minimum Gasteiger partial charge on any atom is -0.507 e. The fourth-order valence-corrected chi connectivity index (χ4v) is 3.05. The van der Waals surface area contributed by atoms with E-state index >= 15 is 0 Å². The first-order valence-corrected chi connectivity index (χ1v) is 9.30. The van der Waals surface area contributed by atoms with Gasteiger partial charge < -0.3 is 15.9 Å². The molecule has 5 nitrogen and oxygen atoms in total. The van der Waals surface area contributed by atoms with Crippen LogP contribution >= 0.6 is 11.8 Å². The number of amidine groups is 1. The summed E-state index contributed by atoms with van der Waals surface area (Å²) in [5.74, 6) is -1.45. The van der Waals surface area contributed by atoms with E-state index in [1.807, 2.05) is 54.6 Å². The summed E-state index contributed by atoms with van der Waals surface area (Å²) in [6, 6.07) is 22.2. The van der Waals surface area contributed by atoms with Crippen LogP contribution in [0.15, 0.2) is 83.2 Å². The molecule has 28 heavy (non-hydrogen) atoms. The SMILES string of the molecule is NC(=Nc1ccc(-c2ccccc2)cc1)S/C=C/c1ccc(O)c(C(=O)O)c1. The summed E-state index contributed by atoms with van der Waals surface area (Å²) in [4.78, 5) is 15.4. The Kier molecular flexibility index (Phi) is 6.14. The van der Waals surface area contributed by atoms with Crippen LogP contribution in [0.1, 0.15) is 15.9 Å². The molecule has 0 unspecified atom stereocenters.